The predicted octanol–water partition coefficient (Wildman–Crippen LogP) is 5.71. The highest BCUT2D eigenvalue weighted by Crippen LogP contribution is 2.42. The van der Waals surface area contributed by atoms with E-state index in [1.54, 1.807) is 17.4 Å². The first-order valence-electron chi connectivity index (χ1n) is 10.6. The molecule has 0 aliphatic heterocycles. The monoisotopic (exact) mass is 457 g/mol. The highest BCUT2D eigenvalue weighted by atomic mass is 32.2. The van der Waals surface area contributed by atoms with Gasteiger partial charge in [0, 0.05) is 22.2 Å². The van der Waals surface area contributed by atoms with Crippen molar-refractivity contribution in [2.75, 3.05) is 24.3 Å². The van der Waals surface area contributed by atoms with Crippen molar-refractivity contribution in [3.8, 4) is 11.5 Å². The van der Waals surface area contributed by atoms with E-state index in [2.05, 4.69) is 19.2 Å². The second kappa shape index (κ2) is 9.44. The number of rotatable bonds is 9. The maximum absolute atomic E-state index is 12.8. The second-order valence-corrected chi connectivity index (χ2v) is 9.65. The summed E-state index contributed by atoms with van der Waals surface area (Å²) in [5, 5.41) is 4.96. The molecular weight excluding hydrogens is 430 g/mol. The van der Waals surface area contributed by atoms with Gasteiger partial charge in [0.25, 0.3) is 0 Å². The lowest BCUT2D eigenvalue weighted by Crippen LogP contribution is -2.15. The van der Waals surface area contributed by atoms with Crippen LogP contribution in [0.5, 0.6) is 11.5 Å². The van der Waals surface area contributed by atoms with Crippen molar-refractivity contribution >= 4 is 44.9 Å². The van der Waals surface area contributed by atoms with Crippen molar-refractivity contribution < 1.29 is 14.3 Å². The zero-order valence-electron chi connectivity index (χ0n) is 18.3. The van der Waals surface area contributed by atoms with Gasteiger partial charge >= 0.3 is 0 Å². The summed E-state index contributed by atoms with van der Waals surface area (Å²) in [6.45, 7) is 9.14. The number of carbonyl (C=O) groups excluding carboxylic acids is 1. The fourth-order valence-corrected chi connectivity index (χ4v) is 5.31. The highest BCUT2D eigenvalue weighted by Gasteiger charge is 2.28. The lowest BCUT2D eigenvalue weighted by Gasteiger charge is -2.13. The van der Waals surface area contributed by atoms with E-state index in [0.29, 0.717) is 36.3 Å². The van der Waals surface area contributed by atoms with Gasteiger partial charge in [-0.2, -0.15) is 0 Å². The molecule has 3 aromatic rings. The molecule has 0 spiro atoms. The number of hydrogen-bond acceptors (Lipinski definition) is 7. The summed E-state index contributed by atoms with van der Waals surface area (Å²) in [5.74, 6) is 2.87. The van der Waals surface area contributed by atoms with Crippen LogP contribution in [0.3, 0.4) is 0 Å². The van der Waals surface area contributed by atoms with Crippen LogP contribution in [0, 0.1) is 13.8 Å². The van der Waals surface area contributed by atoms with E-state index in [-0.39, 0.29) is 11.7 Å². The van der Waals surface area contributed by atoms with Gasteiger partial charge < -0.3 is 14.8 Å². The van der Waals surface area contributed by atoms with Gasteiger partial charge in [0.05, 0.1) is 24.7 Å². The highest BCUT2D eigenvalue weighted by molar-refractivity contribution is 8.00. The van der Waals surface area contributed by atoms with E-state index >= 15 is 0 Å². The van der Waals surface area contributed by atoms with Gasteiger partial charge in [0.1, 0.15) is 27.2 Å². The molecule has 2 aromatic heterocycles. The van der Waals surface area contributed by atoms with E-state index in [4.69, 9.17) is 19.4 Å². The van der Waals surface area contributed by atoms with Crippen LogP contribution >= 0.6 is 23.1 Å². The number of nitrogens with zero attached hydrogens (tertiary/aromatic N) is 2. The predicted molar refractivity (Wildman–Crippen MR) is 127 cm³/mol. The first-order valence-corrected chi connectivity index (χ1v) is 12.4. The number of carbonyl (C=O) groups is 1. The number of thioether (sulfide) groups is 1. The molecule has 2 heterocycles. The Bertz CT molecular complexity index is 1110. The van der Waals surface area contributed by atoms with Crippen LogP contribution in [0.4, 0.5) is 5.69 Å². The SMILES string of the molecule is CCOc1ccc(OCC)c(NC(=O)CSc2nc(C3CC3)nc3sc(C)c(C)c23)c1. The number of nitrogens with one attached hydrogen (secondary N) is 1. The molecule has 0 bridgehead atoms. The number of fused-ring (bicyclic) bond motifs is 1. The van der Waals surface area contributed by atoms with E-state index in [9.17, 15) is 4.79 Å². The molecule has 0 atom stereocenters. The summed E-state index contributed by atoms with van der Waals surface area (Å²) in [7, 11) is 0. The van der Waals surface area contributed by atoms with E-state index in [1.165, 1.54) is 22.2 Å². The van der Waals surface area contributed by atoms with E-state index in [0.717, 1.165) is 33.9 Å². The number of thiophene rings is 1. The summed E-state index contributed by atoms with van der Waals surface area (Å²) in [6, 6.07) is 5.47. The summed E-state index contributed by atoms with van der Waals surface area (Å²) in [4.78, 5) is 24.7. The average Bonchev–Trinajstić information content (AvgIpc) is 3.55. The molecule has 164 valence electrons. The number of hydrogen-bond donors (Lipinski definition) is 1. The summed E-state index contributed by atoms with van der Waals surface area (Å²) in [5.41, 5.74) is 1.82. The number of aryl methyl sites for hydroxylation is 2. The molecule has 1 saturated carbocycles. The van der Waals surface area contributed by atoms with Gasteiger partial charge in [0.15, 0.2) is 0 Å². The number of anilines is 1. The van der Waals surface area contributed by atoms with Crippen LogP contribution in [0.2, 0.25) is 0 Å². The maximum Gasteiger partial charge on any atom is 0.234 e. The van der Waals surface area contributed by atoms with Crippen LogP contribution in [0.25, 0.3) is 10.2 Å². The average molecular weight is 458 g/mol. The molecule has 1 fully saturated rings. The minimum Gasteiger partial charge on any atom is -0.494 e. The molecule has 0 unspecified atom stereocenters. The third-order valence-corrected chi connectivity index (χ3v) is 7.21. The number of amides is 1. The lowest BCUT2D eigenvalue weighted by molar-refractivity contribution is -0.113. The minimum absolute atomic E-state index is 0.107. The first kappa shape index (κ1) is 21.9. The molecule has 6 nitrogen and oxygen atoms in total. The zero-order valence-corrected chi connectivity index (χ0v) is 19.9. The Morgan fingerprint density at radius 2 is 1.97 bits per heavy atom. The Labute approximate surface area is 190 Å². The fourth-order valence-electron chi connectivity index (χ4n) is 3.32. The molecule has 4 rings (SSSR count). The van der Waals surface area contributed by atoms with Crippen molar-refractivity contribution in [2.24, 2.45) is 0 Å². The molecule has 1 amide bonds. The number of ether oxygens (including phenoxy) is 2. The van der Waals surface area contributed by atoms with Crippen LogP contribution in [-0.2, 0) is 4.79 Å². The molecule has 1 aliphatic rings. The molecular formula is C23H27N3O3S2. The molecule has 8 heteroatoms. The van der Waals surface area contributed by atoms with Gasteiger partial charge in [-0.3, -0.25) is 4.79 Å². The Morgan fingerprint density at radius 1 is 1.19 bits per heavy atom. The normalized spacial score (nSPS) is 13.4. The Hall–Kier alpha value is -2.32. The summed E-state index contributed by atoms with van der Waals surface area (Å²) >= 11 is 3.18. The first-order chi connectivity index (χ1) is 15.0. The Morgan fingerprint density at radius 3 is 2.68 bits per heavy atom. The van der Waals surface area contributed by atoms with Crippen LogP contribution in [0.1, 0.15) is 48.9 Å². The largest absolute Gasteiger partial charge is 0.494 e. The number of aromatic nitrogens is 2. The second-order valence-electron chi connectivity index (χ2n) is 7.49. The summed E-state index contributed by atoms with van der Waals surface area (Å²) < 4.78 is 11.2. The number of benzene rings is 1. The van der Waals surface area contributed by atoms with E-state index < -0.39 is 0 Å². The van der Waals surface area contributed by atoms with Crippen LogP contribution < -0.4 is 14.8 Å². The third-order valence-electron chi connectivity index (χ3n) is 5.13. The lowest BCUT2D eigenvalue weighted by atomic mass is 10.2. The van der Waals surface area contributed by atoms with E-state index in [1.807, 2.05) is 26.0 Å². The molecule has 1 aliphatic carbocycles. The van der Waals surface area contributed by atoms with Crippen molar-refractivity contribution in [1.82, 2.24) is 9.97 Å². The minimum atomic E-state index is -0.107. The van der Waals surface area contributed by atoms with Crippen LogP contribution in [-0.4, -0.2) is 34.8 Å². The Balaban J connectivity index is 1.53. The van der Waals surface area contributed by atoms with Gasteiger partial charge in [-0.05, 0) is 58.2 Å². The van der Waals surface area contributed by atoms with Gasteiger partial charge in [-0.15, -0.1) is 11.3 Å². The molecule has 1 aromatic carbocycles. The third kappa shape index (κ3) is 4.96. The van der Waals surface area contributed by atoms with Crippen molar-refractivity contribution in [3.63, 3.8) is 0 Å². The Kier molecular flexibility index (Phi) is 6.67. The quantitative estimate of drug-likeness (QED) is 0.328. The summed E-state index contributed by atoms with van der Waals surface area (Å²) in [6.07, 6.45) is 2.30. The zero-order chi connectivity index (χ0) is 22.0. The smallest absolute Gasteiger partial charge is 0.234 e. The molecule has 0 saturated heterocycles. The van der Waals surface area contributed by atoms with Crippen molar-refractivity contribution in [1.29, 1.82) is 0 Å². The molecule has 1 N–H and O–H groups in total. The molecule has 0 radical (unpaired) electrons. The van der Waals surface area contributed by atoms with Crippen LogP contribution in [0.15, 0.2) is 23.2 Å². The van der Waals surface area contributed by atoms with Gasteiger partial charge in [-0.25, -0.2) is 9.97 Å². The maximum atomic E-state index is 12.8. The standard InChI is InChI=1S/C23H27N3O3S2/c1-5-28-16-9-10-18(29-6-2)17(11-16)24-19(27)12-30-22-20-13(3)14(4)31-23(20)26-21(25-22)15-7-8-15/h9-11,15H,5-8,12H2,1-4H3,(H,24,27). The van der Waals surface area contributed by atoms with Crippen molar-refractivity contribution in [3.05, 3.63) is 34.5 Å². The fraction of sp³-hybridized carbons (Fsp3) is 0.435. The topological polar surface area (TPSA) is 73.3 Å². The molecule has 31 heavy (non-hydrogen) atoms. The van der Waals surface area contributed by atoms with Crippen molar-refractivity contribution in [2.45, 2.75) is 51.5 Å². The van der Waals surface area contributed by atoms with Gasteiger partial charge in [-0.1, -0.05) is 11.8 Å². The van der Waals surface area contributed by atoms with Gasteiger partial charge in [0.2, 0.25) is 5.91 Å².